The minimum absolute atomic E-state index is 0.139. The smallest absolute Gasteiger partial charge is 0.394 e. The van der Waals surface area contributed by atoms with Crippen LogP contribution in [0.5, 0.6) is 0 Å². The number of hydrogen-bond donors (Lipinski definition) is 2. The molecule has 2 unspecified atom stereocenters. The van der Waals surface area contributed by atoms with Crippen LogP contribution in [-0.2, 0) is 17.4 Å². The molecule has 2 N–H and O–H groups in total. The molecule has 2 rings (SSSR count). The van der Waals surface area contributed by atoms with E-state index in [1.54, 1.807) is 19.9 Å². The maximum Gasteiger partial charge on any atom is 0.416 e. The lowest BCUT2D eigenvalue weighted by molar-refractivity contribution is -0.137. The van der Waals surface area contributed by atoms with E-state index in [9.17, 15) is 23.1 Å². The Labute approximate surface area is 133 Å². The van der Waals surface area contributed by atoms with Crippen LogP contribution in [0, 0.1) is 11.8 Å². The van der Waals surface area contributed by atoms with Crippen LogP contribution in [0.4, 0.5) is 13.2 Å². The van der Waals surface area contributed by atoms with Gasteiger partial charge in [-0.15, -0.1) is 0 Å². The highest BCUT2D eigenvalue weighted by atomic mass is 19.4. The van der Waals surface area contributed by atoms with Crippen LogP contribution in [0.1, 0.15) is 37.8 Å². The van der Waals surface area contributed by atoms with Gasteiger partial charge in [-0.3, -0.25) is 4.79 Å². The molecule has 1 aliphatic carbocycles. The Balaban J connectivity index is 2.01. The normalized spacial score (nSPS) is 19.0. The summed E-state index contributed by atoms with van der Waals surface area (Å²) >= 11 is 0. The van der Waals surface area contributed by atoms with Gasteiger partial charge in [0.05, 0.1) is 17.7 Å². The number of carbonyl (C=O) groups is 1. The van der Waals surface area contributed by atoms with E-state index in [1.807, 2.05) is 0 Å². The average Bonchev–Trinajstić information content (AvgIpc) is 3.31. The summed E-state index contributed by atoms with van der Waals surface area (Å²) in [5, 5.41) is 12.4. The number of carbonyl (C=O) groups excluding carboxylic acids is 1. The molecule has 0 aromatic heterocycles. The largest absolute Gasteiger partial charge is 0.416 e. The number of alkyl halides is 3. The molecule has 1 aromatic rings. The molecule has 1 aromatic carbocycles. The minimum atomic E-state index is -4.39. The summed E-state index contributed by atoms with van der Waals surface area (Å²) in [6.45, 7) is 3.35. The highest BCUT2D eigenvalue weighted by Gasteiger charge is 2.42. The monoisotopic (exact) mass is 329 g/mol. The van der Waals surface area contributed by atoms with Crippen molar-refractivity contribution in [3.8, 4) is 0 Å². The van der Waals surface area contributed by atoms with E-state index in [0.717, 1.165) is 25.0 Å². The summed E-state index contributed by atoms with van der Waals surface area (Å²) in [5.74, 6) is -0.439. The van der Waals surface area contributed by atoms with Crippen molar-refractivity contribution in [2.45, 2.75) is 44.8 Å². The molecule has 0 saturated heterocycles. The number of nitrogens with one attached hydrogen (secondary N) is 1. The minimum Gasteiger partial charge on any atom is -0.394 e. The van der Waals surface area contributed by atoms with Crippen LogP contribution >= 0.6 is 0 Å². The third kappa shape index (κ3) is 4.47. The molecule has 1 aliphatic rings. The van der Waals surface area contributed by atoms with Gasteiger partial charge in [0.15, 0.2) is 0 Å². The molecule has 0 heterocycles. The van der Waals surface area contributed by atoms with Crippen LogP contribution in [0.15, 0.2) is 24.3 Å². The van der Waals surface area contributed by atoms with Crippen molar-refractivity contribution < 1.29 is 23.1 Å². The highest BCUT2D eigenvalue weighted by Crippen LogP contribution is 2.39. The van der Waals surface area contributed by atoms with E-state index in [4.69, 9.17) is 0 Å². The molecule has 3 nitrogen and oxygen atoms in total. The number of amides is 1. The first kappa shape index (κ1) is 17.8. The van der Waals surface area contributed by atoms with Crippen LogP contribution < -0.4 is 5.32 Å². The van der Waals surface area contributed by atoms with Crippen molar-refractivity contribution in [2.75, 3.05) is 6.61 Å². The predicted molar refractivity (Wildman–Crippen MR) is 80.7 cm³/mol. The van der Waals surface area contributed by atoms with Gasteiger partial charge in [0.25, 0.3) is 0 Å². The number of halogens is 3. The first-order valence-corrected chi connectivity index (χ1v) is 7.75. The third-order valence-electron chi connectivity index (χ3n) is 4.46. The lowest BCUT2D eigenvalue weighted by Gasteiger charge is -2.30. The molecular weight excluding hydrogens is 307 g/mol. The summed E-state index contributed by atoms with van der Waals surface area (Å²) in [4.78, 5) is 12.3. The summed E-state index contributed by atoms with van der Waals surface area (Å²) in [5.41, 5.74) is -0.875. The van der Waals surface area contributed by atoms with E-state index in [0.29, 0.717) is 5.56 Å². The Hall–Kier alpha value is -1.56. The van der Waals surface area contributed by atoms with Gasteiger partial charge in [-0.1, -0.05) is 25.1 Å². The van der Waals surface area contributed by atoms with Gasteiger partial charge in [-0.25, -0.2) is 0 Å². The lowest BCUT2D eigenvalue weighted by Crippen LogP contribution is -2.52. The van der Waals surface area contributed by atoms with Crippen molar-refractivity contribution in [3.63, 3.8) is 0 Å². The van der Waals surface area contributed by atoms with E-state index >= 15 is 0 Å². The quantitative estimate of drug-likeness (QED) is 0.842. The van der Waals surface area contributed by atoms with Crippen LogP contribution in [-0.4, -0.2) is 23.2 Å². The van der Waals surface area contributed by atoms with Gasteiger partial charge >= 0.3 is 6.18 Å². The third-order valence-corrected chi connectivity index (χ3v) is 4.46. The maximum atomic E-state index is 12.7. The molecule has 0 bridgehead atoms. The van der Waals surface area contributed by atoms with Crippen molar-refractivity contribution in [1.29, 1.82) is 0 Å². The number of aliphatic hydroxyl groups excluding tert-OH is 1. The van der Waals surface area contributed by atoms with Gasteiger partial charge in [0.1, 0.15) is 0 Å². The summed E-state index contributed by atoms with van der Waals surface area (Å²) in [6.07, 6.45) is -2.22. The van der Waals surface area contributed by atoms with Crippen LogP contribution in [0.2, 0.25) is 0 Å². The molecule has 0 spiro atoms. The molecule has 0 aliphatic heterocycles. The fourth-order valence-corrected chi connectivity index (χ4v) is 2.72. The SMILES string of the molecule is CC(Cc1cccc(C(F)(F)F)c1)C(=O)NC(C)(CO)C1CC1. The number of rotatable bonds is 6. The van der Waals surface area contributed by atoms with E-state index in [-0.39, 0.29) is 24.9 Å². The first-order chi connectivity index (χ1) is 10.7. The van der Waals surface area contributed by atoms with Crippen molar-refractivity contribution in [2.24, 2.45) is 11.8 Å². The number of benzene rings is 1. The summed E-state index contributed by atoms with van der Waals surface area (Å²) in [7, 11) is 0. The van der Waals surface area contributed by atoms with Gasteiger partial charge in [-0.05, 0) is 43.7 Å². The highest BCUT2D eigenvalue weighted by molar-refractivity contribution is 5.79. The van der Waals surface area contributed by atoms with Gasteiger partial charge in [-0.2, -0.15) is 13.2 Å². The van der Waals surface area contributed by atoms with Gasteiger partial charge in [0, 0.05) is 5.92 Å². The van der Waals surface area contributed by atoms with Gasteiger partial charge < -0.3 is 10.4 Å². The molecule has 1 amide bonds. The fourth-order valence-electron chi connectivity index (χ4n) is 2.72. The standard InChI is InChI=1S/C17H22F3NO2/c1-11(15(23)21-16(2,10-22)13-6-7-13)8-12-4-3-5-14(9-12)17(18,19)20/h3-5,9,11,13,22H,6-8,10H2,1-2H3,(H,21,23). The Bertz CT molecular complexity index is 569. The molecular formula is C17H22F3NO2. The molecule has 6 heteroatoms. The van der Waals surface area contributed by atoms with Crippen molar-refractivity contribution >= 4 is 5.91 Å². The molecule has 0 radical (unpaired) electrons. The van der Waals surface area contributed by atoms with Crippen molar-refractivity contribution in [3.05, 3.63) is 35.4 Å². The molecule has 23 heavy (non-hydrogen) atoms. The molecule has 1 fully saturated rings. The van der Waals surface area contributed by atoms with E-state index < -0.39 is 23.2 Å². The second-order valence-corrected chi connectivity index (χ2v) is 6.64. The molecule has 2 atom stereocenters. The van der Waals surface area contributed by atoms with Crippen LogP contribution in [0.3, 0.4) is 0 Å². The van der Waals surface area contributed by atoms with Gasteiger partial charge in [0.2, 0.25) is 5.91 Å². The zero-order chi connectivity index (χ0) is 17.3. The Kier molecular flexibility index (Phi) is 5.04. The zero-order valence-electron chi connectivity index (χ0n) is 13.3. The molecule has 128 valence electrons. The zero-order valence-corrected chi connectivity index (χ0v) is 13.3. The maximum absolute atomic E-state index is 12.7. The topological polar surface area (TPSA) is 49.3 Å². The second kappa shape index (κ2) is 6.51. The lowest BCUT2D eigenvalue weighted by atomic mass is 9.93. The van der Waals surface area contributed by atoms with Crippen LogP contribution in [0.25, 0.3) is 0 Å². The number of aliphatic hydroxyl groups is 1. The van der Waals surface area contributed by atoms with E-state index in [1.165, 1.54) is 6.07 Å². The van der Waals surface area contributed by atoms with Crippen molar-refractivity contribution in [1.82, 2.24) is 5.32 Å². The Morgan fingerprint density at radius 3 is 2.57 bits per heavy atom. The first-order valence-electron chi connectivity index (χ1n) is 7.75. The Morgan fingerprint density at radius 2 is 2.04 bits per heavy atom. The van der Waals surface area contributed by atoms with E-state index in [2.05, 4.69) is 5.32 Å². The number of hydrogen-bond acceptors (Lipinski definition) is 2. The Morgan fingerprint density at radius 1 is 1.39 bits per heavy atom. The molecule has 1 saturated carbocycles. The second-order valence-electron chi connectivity index (χ2n) is 6.64. The predicted octanol–water partition coefficient (Wildman–Crippen LogP) is 3.16. The summed E-state index contributed by atoms with van der Waals surface area (Å²) in [6, 6.07) is 5.04. The summed E-state index contributed by atoms with van der Waals surface area (Å²) < 4.78 is 38.2. The average molecular weight is 329 g/mol. The fraction of sp³-hybridized carbons (Fsp3) is 0.588.